The summed E-state index contributed by atoms with van der Waals surface area (Å²) in [6, 6.07) is 0. The minimum Gasteiger partial charge on any atom is -0.395 e. The minimum absolute atomic E-state index is 0.0461. The summed E-state index contributed by atoms with van der Waals surface area (Å²) in [4.78, 5) is 0. The van der Waals surface area contributed by atoms with E-state index >= 15 is 0 Å². The summed E-state index contributed by atoms with van der Waals surface area (Å²) < 4.78 is 11.5. The molecule has 3 fully saturated rings. The zero-order valence-corrected chi connectivity index (χ0v) is 15.6. The molecule has 3 heteroatoms. The standard InChI is InChI=1S/C21H34O3/c1-20-10-9-18-16(17(20)6-7-19(20)24-3)5-4-14-12-15(23-2)8-11-21(14,18)13-22/h12,15-19,22H,4-11,13H2,1-3H3/t15?,16-,17-,18+,19?,20-,21+/m0/s1. The first-order valence-electron chi connectivity index (χ1n) is 9.96. The van der Waals surface area contributed by atoms with Crippen LogP contribution in [0.2, 0.25) is 0 Å². The van der Waals surface area contributed by atoms with Crippen LogP contribution in [0.3, 0.4) is 0 Å². The van der Waals surface area contributed by atoms with Crippen LogP contribution in [0.1, 0.15) is 58.3 Å². The number of aliphatic hydroxyl groups excluding tert-OH is 1. The largest absolute Gasteiger partial charge is 0.395 e. The van der Waals surface area contributed by atoms with Crippen molar-refractivity contribution in [3.63, 3.8) is 0 Å². The van der Waals surface area contributed by atoms with Crippen molar-refractivity contribution >= 4 is 0 Å². The summed E-state index contributed by atoms with van der Waals surface area (Å²) in [5.41, 5.74) is 1.91. The van der Waals surface area contributed by atoms with E-state index < -0.39 is 0 Å². The monoisotopic (exact) mass is 334 g/mol. The Bertz CT molecular complexity index is 515. The quantitative estimate of drug-likeness (QED) is 0.794. The fourth-order valence-electron chi connectivity index (χ4n) is 7.31. The van der Waals surface area contributed by atoms with E-state index in [2.05, 4.69) is 13.0 Å². The third kappa shape index (κ3) is 2.20. The molecule has 0 saturated heterocycles. The molecule has 4 rings (SSSR count). The highest BCUT2D eigenvalue weighted by Gasteiger charge is 2.60. The lowest BCUT2D eigenvalue weighted by molar-refractivity contribution is -0.102. The molecule has 3 nitrogen and oxygen atoms in total. The van der Waals surface area contributed by atoms with Gasteiger partial charge in [-0.2, -0.15) is 0 Å². The molecular formula is C21H34O3. The third-order valence-electron chi connectivity index (χ3n) is 8.58. The molecule has 0 amide bonds. The van der Waals surface area contributed by atoms with E-state index in [1.165, 1.54) is 37.7 Å². The van der Waals surface area contributed by atoms with Gasteiger partial charge in [0, 0.05) is 19.6 Å². The second kappa shape index (κ2) is 6.10. The summed E-state index contributed by atoms with van der Waals surface area (Å²) in [6.45, 7) is 2.81. The maximum atomic E-state index is 10.5. The van der Waals surface area contributed by atoms with Gasteiger partial charge >= 0.3 is 0 Å². The SMILES string of the molecule is COC1C=C2CC[C@@H]3[C@@H](CC[C@]4(C)C(OC)CC[C@@H]34)[C@@]2(CO)CC1. The molecule has 0 aromatic carbocycles. The molecule has 0 aliphatic heterocycles. The average molecular weight is 335 g/mol. The Kier molecular flexibility index (Phi) is 4.34. The highest BCUT2D eigenvalue weighted by molar-refractivity contribution is 5.27. The first-order valence-corrected chi connectivity index (χ1v) is 9.96. The molecule has 7 atom stereocenters. The van der Waals surface area contributed by atoms with Crippen molar-refractivity contribution in [2.45, 2.75) is 70.5 Å². The number of hydrogen-bond acceptors (Lipinski definition) is 3. The van der Waals surface area contributed by atoms with Crippen LogP contribution in [0.15, 0.2) is 11.6 Å². The van der Waals surface area contributed by atoms with Gasteiger partial charge in [-0.15, -0.1) is 0 Å². The van der Waals surface area contributed by atoms with E-state index in [-0.39, 0.29) is 11.5 Å². The number of fused-ring (bicyclic) bond motifs is 5. The Labute approximate surface area is 146 Å². The van der Waals surface area contributed by atoms with Gasteiger partial charge in [0.2, 0.25) is 0 Å². The number of hydrogen-bond donors (Lipinski definition) is 1. The number of aliphatic hydroxyl groups is 1. The number of methoxy groups -OCH3 is 2. The molecule has 0 aromatic rings. The Morgan fingerprint density at radius 1 is 1.04 bits per heavy atom. The van der Waals surface area contributed by atoms with E-state index in [9.17, 15) is 5.11 Å². The van der Waals surface area contributed by atoms with Gasteiger partial charge in [0.25, 0.3) is 0 Å². The predicted octanol–water partition coefficient (Wildman–Crippen LogP) is 3.95. The van der Waals surface area contributed by atoms with Gasteiger partial charge in [0.05, 0.1) is 18.8 Å². The van der Waals surface area contributed by atoms with E-state index in [1.807, 2.05) is 14.2 Å². The van der Waals surface area contributed by atoms with Gasteiger partial charge in [-0.25, -0.2) is 0 Å². The maximum Gasteiger partial charge on any atom is 0.0755 e. The molecule has 3 saturated carbocycles. The fraction of sp³-hybridized carbons (Fsp3) is 0.905. The van der Waals surface area contributed by atoms with Gasteiger partial charge in [0.15, 0.2) is 0 Å². The molecule has 0 spiro atoms. The average Bonchev–Trinajstić information content (AvgIpc) is 2.97. The van der Waals surface area contributed by atoms with Crippen LogP contribution >= 0.6 is 0 Å². The molecule has 0 radical (unpaired) electrons. The smallest absolute Gasteiger partial charge is 0.0755 e. The molecule has 0 bridgehead atoms. The first-order chi connectivity index (χ1) is 11.6. The Morgan fingerprint density at radius 3 is 2.58 bits per heavy atom. The summed E-state index contributed by atoms with van der Waals surface area (Å²) in [5.74, 6) is 2.22. The summed E-state index contributed by atoms with van der Waals surface area (Å²) >= 11 is 0. The molecule has 24 heavy (non-hydrogen) atoms. The van der Waals surface area contributed by atoms with Gasteiger partial charge in [0.1, 0.15) is 0 Å². The number of rotatable bonds is 3. The molecular weight excluding hydrogens is 300 g/mol. The third-order valence-corrected chi connectivity index (χ3v) is 8.58. The molecule has 1 N–H and O–H groups in total. The predicted molar refractivity (Wildman–Crippen MR) is 94.7 cm³/mol. The maximum absolute atomic E-state index is 10.5. The second-order valence-corrected chi connectivity index (χ2v) is 9.08. The second-order valence-electron chi connectivity index (χ2n) is 9.08. The molecule has 4 aliphatic carbocycles. The lowest BCUT2D eigenvalue weighted by atomic mass is 9.47. The normalized spacial score (nSPS) is 50.7. The van der Waals surface area contributed by atoms with Crippen molar-refractivity contribution in [3.05, 3.63) is 11.6 Å². The summed E-state index contributed by atoms with van der Waals surface area (Å²) in [7, 11) is 3.71. The van der Waals surface area contributed by atoms with Crippen LogP contribution in [0.25, 0.3) is 0 Å². The van der Waals surface area contributed by atoms with Crippen LogP contribution in [0.4, 0.5) is 0 Å². The highest BCUT2D eigenvalue weighted by atomic mass is 16.5. The van der Waals surface area contributed by atoms with Gasteiger partial charge in [-0.3, -0.25) is 0 Å². The highest BCUT2D eigenvalue weighted by Crippen LogP contribution is 2.65. The van der Waals surface area contributed by atoms with E-state index in [4.69, 9.17) is 9.47 Å². The van der Waals surface area contributed by atoms with Crippen LogP contribution < -0.4 is 0 Å². The minimum atomic E-state index is 0.0461. The summed E-state index contributed by atoms with van der Waals surface area (Å²) in [6.07, 6.45) is 12.7. The lowest BCUT2D eigenvalue weighted by Crippen LogP contribution is -2.53. The zero-order valence-electron chi connectivity index (χ0n) is 15.6. The van der Waals surface area contributed by atoms with Crippen molar-refractivity contribution in [3.8, 4) is 0 Å². The lowest BCUT2D eigenvalue weighted by Gasteiger charge is -2.59. The van der Waals surface area contributed by atoms with Crippen molar-refractivity contribution < 1.29 is 14.6 Å². The van der Waals surface area contributed by atoms with E-state index in [0.29, 0.717) is 24.0 Å². The molecule has 0 aromatic heterocycles. The molecule has 136 valence electrons. The Morgan fingerprint density at radius 2 is 1.88 bits per heavy atom. The molecule has 4 aliphatic rings. The van der Waals surface area contributed by atoms with Crippen LogP contribution in [0.5, 0.6) is 0 Å². The van der Waals surface area contributed by atoms with Crippen molar-refractivity contribution in [1.82, 2.24) is 0 Å². The van der Waals surface area contributed by atoms with Gasteiger partial charge < -0.3 is 14.6 Å². The zero-order chi connectivity index (χ0) is 16.9. The van der Waals surface area contributed by atoms with E-state index in [1.54, 1.807) is 0 Å². The fourth-order valence-corrected chi connectivity index (χ4v) is 7.31. The topological polar surface area (TPSA) is 38.7 Å². The first kappa shape index (κ1) is 17.1. The van der Waals surface area contributed by atoms with Crippen LogP contribution in [-0.4, -0.2) is 38.1 Å². The van der Waals surface area contributed by atoms with Crippen molar-refractivity contribution in [2.24, 2.45) is 28.6 Å². The summed E-state index contributed by atoms with van der Waals surface area (Å²) in [5, 5.41) is 10.5. The molecule has 2 unspecified atom stereocenters. The number of ether oxygens (including phenoxy) is 2. The Hall–Kier alpha value is -0.380. The van der Waals surface area contributed by atoms with E-state index in [0.717, 1.165) is 31.1 Å². The van der Waals surface area contributed by atoms with Crippen molar-refractivity contribution in [2.75, 3.05) is 20.8 Å². The molecule has 0 heterocycles. The van der Waals surface area contributed by atoms with Crippen LogP contribution in [0, 0.1) is 28.6 Å². The van der Waals surface area contributed by atoms with Crippen molar-refractivity contribution in [1.29, 1.82) is 0 Å². The van der Waals surface area contributed by atoms with Crippen LogP contribution in [-0.2, 0) is 9.47 Å². The Balaban J connectivity index is 1.66. The van der Waals surface area contributed by atoms with Gasteiger partial charge in [-0.05, 0) is 74.5 Å². The van der Waals surface area contributed by atoms with Gasteiger partial charge in [-0.1, -0.05) is 18.6 Å².